The Balaban J connectivity index is 2.17. The van der Waals surface area contributed by atoms with Gasteiger partial charge < -0.3 is 14.8 Å². The molecule has 2 N–H and O–H groups in total. The molecule has 0 bridgehead atoms. The molecule has 7 nitrogen and oxygen atoms in total. The number of carbonyl (C=O) groups is 3. The highest BCUT2D eigenvalue weighted by Crippen LogP contribution is 2.21. The van der Waals surface area contributed by atoms with Crippen LogP contribution in [0.4, 0.5) is 4.79 Å². The second kappa shape index (κ2) is 9.38. The fourth-order valence-electron chi connectivity index (χ4n) is 2.26. The lowest BCUT2D eigenvalue weighted by atomic mass is 10.1. The van der Waals surface area contributed by atoms with E-state index in [2.05, 4.69) is 10.6 Å². The number of benzene rings is 2. The summed E-state index contributed by atoms with van der Waals surface area (Å²) in [5.74, 6) is -0.806. The Kier molecular flexibility index (Phi) is 6.93. The van der Waals surface area contributed by atoms with Crippen LogP contribution < -0.4 is 15.4 Å². The van der Waals surface area contributed by atoms with Gasteiger partial charge in [-0.3, -0.25) is 10.1 Å². The molecule has 0 aliphatic rings. The van der Waals surface area contributed by atoms with Crippen molar-refractivity contribution >= 4 is 17.9 Å². The first-order valence-electron chi connectivity index (χ1n) is 8.46. The number of imide groups is 1. The van der Waals surface area contributed by atoms with Crippen molar-refractivity contribution in [3.05, 3.63) is 65.7 Å². The summed E-state index contributed by atoms with van der Waals surface area (Å²) >= 11 is 0. The Hall–Kier alpha value is -3.35. The molecule has 142 valence electrons. The number of nitrogens with one attached hydrogen (secondary N) is 2. The number of rotatable bonds is 6. The summed E-state index contributed by atoms with van der Waals surface area (Å²) in [6.07, 6.45) is -1.25. The number of hydrogen-bond acceptors (Lipinski definition) is 5. The SMILES string of the molecule is CNC(=O)NC(=O)C(OC(=O)c1ccc(OC(C)C)cc1)c1ccccc1. The van der Waals surface area contributed by atoms with Crippen molar-refractivity contribution in [2.24, 2.45) is 0 Å². The molecule has 0 spiro atoms. The lowest BCUT2D eigenvalue weighted by Gasteiger charge is -2.17. The van der Waals surface area contributed by atoms with E-state index in [0.717, 1.165) is 0 Å². The van der Waals surface area contributed by atoms with Gasteiger partial charge in [0, 0.05) is 12.6 Å². The topological polar surface area (TPSA) is 93.7 Å². The summed E-state index contributed by atoms with van der Waals surface area (Å²) in [4.78, 5) is 36.3. The molecule has 0 radical (unpaired) electrons. The minimum atomic E-state index is -1.26. The van der Waals surface area contributed by atoms with E-state index in [1.807, 2.05) is 13.8 Å². The van der Waals surface area contributed by atoms with Crippen molar-refractivity contribution in [3.63, 3.8) is 0 Å². The Morgan fingerprint density at radius 1 is 0.926 bits per heavy atom. The Morgan fingerprint density at radius 2 is 1.56 bits per heavy atom. The van der Waals surface area contributed by atoms with E-state index in [4.69, 9.17) is 9.47 Å². The number of ether oxygens (including phenoxy) is 2. The molecule has 1 unspecified atom stereocenters. The summed E-state index contributed by atoms with van der Waals surface area (Å²) in [6, 6.07) is 14.2. The minimum absolute atomic E-state index is 0.0127. The molecule has 0 fully saturated rings. The van der Waals surface area contributed by atoms with Gasteiger partial charge >= 0.3 is 12.0 Å². The third-order valence-electron chi connectivity index (χ3n) is 3.49. The van der Waals surface area contributed by atoms with Crippen LogP contribution in [0.2, 0.25) is 0 Å². The van der Waals surface area contributed by atoms with Gasteiger partial charge in [-0.05, 0) is 38.1 Å². The molecule has 3 amide bonds. The lowest BCUT2D eigenvalue weighted by molar-refractivity contribution is -0.129. The molecule has 2 aromatic rings. The Labute approximate surface area is 157 Å². The third-order valence-corrected chi connectivity index (χ3v) is 3.49. The van der Waals surface area contributed by atoms with Crippen molar-refractivity contribution in [3.8, 4) is 5.75 Å². The summed E-state index contributed by atoms with van der Waals surface area (Å²) in [6.45, 7) is 3.80. The predicted octanol–water partition coefficient (Wildman–Crippen LogP) is 2.83. The van der Waals surface area contributed by atoms with E-state index < -0.39 is 24.0 Å². The van der Waals surface area contributed by atoms with E-state index in [-0.39, 0.29) is 11.7 Å². The first kappa shape index (κ1) is 20.0. The highest BCUT2D eigenvalue weighted by atomic mass is 16.5. The zero-order valence-corrected chi connectivity index (χ0v) is 15.4. The zero-order valence-electron chi connectivity index (χ0n) is 15.4. The van der Waals surface area contributed by atoms with Crippen LogP contribution in [0.5, 0.6) is 5.75 Å². The molecule has 0 aliphatic carbocycles. The molecule has 2 rings (SSSR count). The lowest BCUT2D eigenvalue weighted by Crippen LogP contribution is -2.41. The third kappa shape index (κ3) is 5.85. The fraction of sp³-hybridized carbons (Fsp3) is 0.250. The van der Waals surface area contributed by atoms with Gasteiger partial charge in [-0.1, -0.05) is 30.3 Å². The normalized spacial score (nSPS) is 11.4. The molecule has 0 saturated carbocycles. The maximum Gasteiger partial charge on any atom is 0.339 e. The van der Waals surface area contributed by atoms with Gasteiger partial charge in [-0.25, -0.2) is 9.59 Å². The largest absolute Gasteiger partial charge is 0.491 e. The van der Waals surface area contributed by atoms with E-state index in [0.29, 0.717) is 11.3 Å². The number of carbonyl (C=O) groups excluding carboxylic acids is 3. The first-order chi connectivity index (χ1) is 12.9. The first-order valence-corrected chi connectivity index (χ1v) is 8.46. The molecular weight excluding hydrogens is 348 g/mol. The summed E-state index contributed by atoms with van der Waals surface area (Å²) in [5.41, 5.74) is 0.715. The smallest absolute Gasteiger partial charge is 0.339 e. The molecule has 27 heavy (non-hydrogen) atoms. The summed E-state index contributed by atoms with van der Waals surface area (Å²) < 4.78 is 10.9. The van der Waals surface area contributed by atoms with Crippen molar-refractivity contribution in [2.75, 3.05) is 7.05 Å². The molecular formula is C20H22N2O5. The van der Waals surface area contributed by atoms with Crippen LogP contribution in [0.1, 0.15) is 35.9 Å². The van der Waals surface area contributed by atoms with E-state index in [9.17, 15) is 14.4 Å². The number of esters is 1. The predicted molar refractivity (Wildman–Crippen MR) is 99.4 cm³/mol. The molecule has 7 heteroatoms. The number of amides is 3. The fourth-order valence-corrected chi connectivity index (χ4v) is 2.26. The molecule has 0 aromatic heterocycles. The van der Waals surface area contributed by atoms with Crippen LogP contribution in [0, 0.1) is 0 Å². The van der Waals surface area contributed by atoms with Crippen molar-refractivity contribution in [1.29, 1.82) is 0 Å². The van der Waals surface area contributed by atoms with Crippen molar-refractivity contribution in [1.82, 2.24) is 10.6 Å². The van der Waals surface area contributed by atoms with E-state index >= 15 is 0 Å². The summed E-state index contributed by atoms with van der Waals surface area (Å²) in [5, 5.41) is 4.41. The van der Waals surface area contributed by atoms with Crippen LogP contribution in [-0.2, 0) is 9.53 Å². The van der Waals surface area contributed by atoms with Gasteiger partial charge in [-0.2, -0.15) is 0 Å². The van der Waals surface area contributed by atoms with Crippen LogP contribution >= 0.6 is 0 Å². The quantitative estimate of drug-likeness (QED) is 0.763. The standard InChI is InChI=1S/C20H22N2O5/c1-13(2)26-16-11-9-15(10-12-16)19(24)27-17(14-7-5-4-6-8-14)18(23)22-20(25)21-3/h4-13,17H,1-3H3,(H2,21,22,23,25). The molecule has 1 atom stereocenters. The van der Waals surface area contributed by atoms with Gasteiger partial charge in [0.25, 0.3) is 5.91 Å². The monoisotopic (exact) mass is 370 g/mol. The summed E-state index contributed by atoms with van der Waals surface area (Å²) in [7, 11) is 1.38. The van der Waals surface area contributed by atoms with Gasteiger partial charge in [0.1, 0.15) is 5.75 Å². The van der Waals surface area contributed by atoms with Gasteiger partial charge in [0.2, 0.25) is 6.10 Å². The maximum atomic E-state index is 12.5. The number of urea groups is 1. The maximum absolute atomic E-state index is 12.5. The van der Waals surface area contributed by atoms with Gasteiger partial charge in [0.05, 0.1) is 11.7 Å². The Bertz CT molecular complexity index is 788. The highest BCUT2D eigenvalue weighted by Gasteiger charge is 2.26. The van der Waals surface area contributed by atoms with Gasteiger partial charge in [0.15, 0.2) is 0 Å². The minimum Gasteiger partial charge on any atom is -0.491 e. The van der Waals surface area contributed by atoms with Crippen LogP contribution in [0.25, 0.3) is 0 Å². The highest BCUT2D eigenvalue weighted by molar-refractivity contribution is 5.99. The van der Waals surface area contributed by atoms with E-state index in [1.54, 1.807) is 54.6 Å². The van der Waals surface area contributed by atoms with E-state index in [1.165, 1.54) is 7.05 Å². The van der Waals surface area contributed by atoms with Crippen LogP contribution in [-0.4, -0.2) is 31.1 Å². The molecule has 2 aromatic carbocycles. The average Bonchev–Trinajstić information content (AvgIpc) is 2.66. The van der Waals surface area contributed by atoms with Crippen LogP contribution in [0.15, 0.2) is 54.6 Å². The van der Waals surface area contributed by atoms with Crippen molar-refractivity contribution < 1.29 is 23.9 Å². The Morgan fingerprint density at radius 3 is 2.11 bits per heavy atom. The second-order valence-corrected chi connectivity index (χ2v) is 5.96. The average molecular weight is 370 g/mol. The number of hydrogen-bond donors (Lipinski definition) is 2. The van der Waals surface area contributed by atoms with Crippen LogP contribution in [0.3, 0.4) is 0 Å². The molecule has 0 aliphatic heterocycles. The van der Waals surface area contributed by atoms with Crippen molar-refractivity contribution in [2.45, 2.75) is 26.1 Å². The second-order valence-electron chi connectivity index (χ2n) is 5.96. The molecule has 0 saturated heterocycles. The van der Waals surface area contributed by atoms with Gasteiger partial charge in [-0.15, -0.1) is 0 Å². The zero-order chi connectivity index (χ0) is 19.8. The molecule has 0 heterocycles.